The topological polar surface area (TPSA) is 35.6 Å². The number of hydrogen-bond donors (Lipinski definition) is 1. The molecule has 1 aliphatic heterocycles. The lowest BCUT2D eigenvalue weighted by Gasteiger charge is -2.35. The summed E-state index contributed by atoms with van der Waals surface area (Å²) in [6.07, 6.45) is 6.86. The van der Waals surface area contributed by atoms with Crippen molar-refractivity contribution in [1.29, 1.82) is 0 Å². The molecule has 0 bridgehead atoms. The Morgan fingerprint density at radius 2 is 1.88 bits per heavy atom. The van der Waals surface area contributed by atoms with Gasteiger partial charge >= 0.3 is 0 Å². The number of benzene rings is 1. The van der Waals surface area contributed by atoms with Gasteiger partial charge in [-0.2, -0.15) is 0 Å². The second-order valence-electron chi connectivity index (χ2n) is 7.21. The van der Waals surface area contributed by atoms with Crippen molar-refractivity contribution >= 4 is 28.9 Å². The largest absolute Gasteiger partial charge is 0.367 e. The fraction of sp³-hybridized carbons (Fsp3) is 0.632. The van der Waals surface area contributed by atoms with Gasteiger partial charge in [-0.25, -0.2) is 0 Å². The molecule has 5 heteroatoms. The first kappa shape index (κ1) is 17.6. The molecular formula is C19H28ClN3O. The zero-order chi connectivity index (χ0) is 16.9. The van der Waals surface area contributed by atoms with Crippen LogP contribution >= 0.6 is 11.6 Å². The quantitative estimate of drug-likeness (QED) is 0.892. The Bertz CT molecular complexity index is 564. The molecule has 4 nitrogen and oxygen atoms in total. The second-order valence-corrected chi connectivity index (χ2v) is 7.64. The molecule has 1 saturated carbocycles. The van der Waals surface area contributed by atoms with Gasteiger partial charge in [0.15, 0.2) is 0 Å². The number of nitrogens with one attached hydrogen (secondary N) is 1. The predicted molar refractivity (Wildman–Crippen MR) is 101 cm³/mol. The van der Waals surface area contributed by atoms with Crippen LogP contribution in [0.5, 0.6) is 0 Å². The van der Waals surface area contributed by atoms with Gasteiger partial charge in [0.25, 0.3) is 0 Å². The fourth-order valence-corrected chi connectivity index (χ4v) is 3.96. The average Bonchev–Trinajstić information content (AvgIpc) is 2.57. The summed E-state index contributed by atoms with van der Waals surface area (Å²) >= 11 is 6.18. The van der Waals surface area contributed by atoms with Crippen molar-refractivity contribution in [2.45, 2.75) is 38.5 Å². The van der Waals surface area contributed by atoms with E-state index in [9.17, 15) is 4.79 Å². The van der Waals surface area contributed by atoms with Crippen LogP contribution in [-0.4, -0.2) is 44.0 Å². The van der Waals surface area contributed by atoms with Crippen molar-refractivity contribution in [3.63, 3.8) is 0 Å². The van der Waals surface area contributed by atoms with Crippen LogP contribution in [0, 0.1) is 5.92 Å². The Balaban J connectivity index is 1.67. The van der Waals surface area contributed by atoms with Crippen molar-refractivity contribution < 1.29 is 4.79 Å². The van der Waals surface area contributed by atoms with Crippen LogP contribution in [0.4, 0.5) is 11.4 Å². The molecule has 3 rings (SSSR count). The third-order valence-corrected chi connectivity index (χ3v) is 5.51. The van der Waals surface area contributed by atoms with Crippen molar-refractivity contribution in [2.75, 3.05) is 43.4 Å². The van der Waals surface area contributed by atoms with Crippen LogP contribution in [0.2, 0.25) is 5.02 Å². The van der Waals surface area contributed by atoms with E-state index in [0.29, 0.717) is 17.4 Å². The molecule has 1 amide bonds. The number of rotatable bonds is 4. The number of likely N-dealkylation sites (N-methyl/N-ethyl adjacent to an activating group) is 1. The van der Waals surface area contributed by atoms with E-state index in [1.807, 2.05) is 18.2 Å². The summed E-state index contributed by atoms with van der Waals surface area (Å²) < 4.78 is 0. The van der Waals surface area contributed by atoms with E-state index in [2.05, 4.69) is 22.2 Å². The maximum atomic E-state index is 12.5. The molecule has 0 unspecified atom stereocenters. The molecule has 0 radical (unpaired) electrons. The molecule has 132 valence electrons. The normalized spacial score (nSPS) is 20.2. The average molecular weight is 350 g/mol. The monoisotopic (exact) mass is 349 g/mol. The molecule has 1 heterocycles. The summed E-state index contributed by atoms with van der Waals surface area (Å²) in [4.78, 5) is 17.2. The van der Waals surface area contributed by atoms with Gasteiger partial charge in [-0.1, -0.05) is 30.9 Å². The highest BCUT2D eigenvalue weighted by atomic mass is 35.5. The fourth-order valence-electron chi connectivity index (χ4n) is 3.79. The molecule has 0 aromatic heterocycles. The van der Waals surface area contributed by atoms with Crippen LogP contribution in [-0.2, 0) is 4.79 Å². The first-order valence-corrected chi connectivity index (χ1v) is 9.52. The minimum atomic E-state index is 0.125. The van der Waals surface area contributed by atoms with E-state index < -0.39 is 0 Å². The summed E-state index contributed by atoms with van der Waals surface area (Å²) in [5.41, 5.74) is 1.94. The molecule has 1 saturated heterocycles. The molecule has 1 aliphatic carbocycles. The highest BCUT2D eigenvalue weighted by Gasteiger charge is 2.20. The maximum Gasteiger partial charge on any atom is 0.224 e. The molecule has 2 fully saturated rings. The lowest BCUT2D eigenvalue weighted by molar-refractivity contribution is -0.117. The summed E-state index contributed by atoms with van der Waals surface area (Å²) in [7, 11) is 2.14. The van der Waals surface area contributed by atoms with Crippen molar-refractivity contribution in [3.05, 3.63) is 23.2 Å². The number of anilines is 2. The lowest BCUT2D eigenvalue weighted by atomic mass is 9.87. The molecule has 1 aromatic rings. The Morgan fingerprint density at radius 1 is 1.17 bits per heavy atom. The highest BCUT2D eigenvalue weighted by Crippen LogP contribution is 2.31. The van der Waals surface area contributed by atoms with Gasteiger partial charge in [0.1, 0.15) is 0 Å². The zero-order valence-corrected chi connectivity index (χ0v) is 15.3. The number of halogens is 1. The van der Waals surface area contributed by atoms with E-state index in [0.717, 1.165) is 37.6 Å². The van der Waals surface area contributed by atoms with E-state index in [1.54, 1.807) is 0 Å². The minimum Gasteiger partial charge on any atom is -0.367 e. The molecule has 0 atom stereocenters. The van der Waals surface area contributed by atoms with E-state index in [4.69, 9.17) is 11.6 Å². The van der Waals surface area contributed by atoms with Crippen molar-refractivity contribution in [1.82, 2.24) is 4.90 Å². The van der Waals surface area contributed by atoms with Gasteiger partial charge in [-0.15, -0.1) is 0 Å². The van der Waals surface area contributed by atoms with Crippen LogP contribution < -0.4 is 10.2 Å². The molecular weight excluding hydrogens is 322 g/mol. The Labute approximate surface area is 150 Å². The summed E-state index contributed by atoms with van der Waals surface area (Å²) in [5.74, 6) is 0.671. The smallest absolute Gasteiger partial charge is 0.224 e. The number of piperazine rings is 1. The number of amides is 1. The third-order valence-electron chi connectivity index (χ3n) is 5.28. The first-order valence-electron chi connectivity index (χ1n) is 9.15. The van der Waals surface area contributed by atoms with Crippen LogP contribution in [0.1, 0.15) is 38.5 Å². The van der Waals surface area contributed by atoms with E-state index in [-0.39, 0.29) is 5.91 Å². The van der Waals surface area contributed by atoms with Gasteiger partial charge < -0.3 is 15.1 Å². The first-order chi connectivity index (χ1) is 11.6. The van der Waals surface area contributed by atoms with Crippen LogP contribution in [0.15, 0.2) is 18.2 Å². The van der Waals surface area contributed by atoms with Crippen molar-refractivity contribution in [2.24, 2.45) is 5.92 Å². The zero-order valence-electron chi connectivity index (χ0n) is 14.6. The Morgan fingerprint density at radius 3 is 2.58 bits per heavy atom. The van der Waals surface area contributed by atoms with Crippen molar-refractivity contribution in [3.8, 4) is 0 Å². The van der Waals surface area contributed by atoms with Gasteiger partial charge in [0.2, 0.25) is 5.91 Å². The Hall–Kier alpha value is -1.26. The van der Waals surface area contributed by atoms with Gasteiger partial charge in [0.05, 0.1) is 11.4 Å². The Kier molecular flexibility index (Phi) is 6.01. The summed E-state index contributed by atoms with van der Waals surface area (Å²) in [6.45, 7) is 4.03. The molecule has 1 N–H and O–H groups in total. The SMILES string of the molecule is CN1CCN(c2ccc(Cl)cc2NC(=O)CC2CCCCC2)CC1. The minimum absolute atomic E-state index is 0.125. The number of hydrogen-bond acceptors (Lipinski definition) is 3. The third kappa shape index (κ3) is 4.64. The van der Waals surface area contributed by atoms with Crippen LogP contribution in [0.3, 0.4) is 0 Å². The molecule has 0 spiro atoms. The standard InChI is InChI=1S/C19H28ClN3O/c1-22-9-11-23(12-10-22)18-8-7-16(20)14-17(18)21-19(24)13-15-5-3-2-4-6-15/h7-8,14-15H,2-6,9-13H2,1H3,(H,21,24). The number of carbonyl (C=O) groups is 1. The molecule has 2 aliphatic rings. The summed E-state index contributed by atoms with van der Waals surface area (Å²) in [6, 6.07) is 5.82. The van der Waals surface area contributed by atoms with Gasteiger partial charge in [-0.3, -0.25) is 4.79 Å². The number of carbonyl (C=O) groups excluding carboxylic acids is 1. The molecule has 1 aromatic carbocycles. The maximum absolute atomic E-state index is 12.5. The predicted octanol–water partition coefficient (Wildman–Crippen LogP) is 4.00. The van der Waals surface area contributed by atoms with Gasteiger partial charge in [0, 0.05) is 37.6 Å². The number of nitrogens with zero attached hydrogens (tertiary/aromatic N) is 2. The van der Waals surface area contributed by atoms with E-state index in [1.165, 1.54) is 32.1 Å². The van der Waals surface area contributed by atoms with Crippen LogP contribution in [0.25, 0.3) is 0 Å². The second kappa shape index (κ2) is 8.21. The van der Waals surface area contributed by atoms with E-state index >= 15 is 0 Å². The highest BCUT2D eigenvalue weighted by molar-refractivity contribution is 6.31. The molecule has 24 heavy (non-hydrogen) atoms. The lowest BCUT2D eigenvalue weighted by Crippen LogP contribution is -2.44. The van der Waals surface area contributed by atoms with Gasteiger partial charge in [-0.05, 0) is 44.0 Å². The summed E-state index contributed by atoms with van der Waals surface area (Å²) in [5, 5.41) is 3.80.